The van der Waals surface area contributed by atoms with Crippen LogP contribution < -0.4 is 5.73 Å². The molecular weight excluding hydrogens is 160 g/mol. The van der Waals surface area contributed by atoms with E-state index in [1.54, 1.807) is 0 Å². The zero-order valence-electron chi connectivity index (χ0n) is 8.03. The highest BCUT2D eigenvalue weighted by atomic mass is 14.7. The standard InChI is InChI=1S/C11H16N2/c1-8(12)9-4-2-6-11-10(9)5-3-7-13-11/h3,5,7-9H,2,4,6,12H2,1H3. The van der Waals surface area contributed by atoms with Crippen molar-refractivity contribution in [2.75, 3.05) is 0 Å². The molecule has 1 aliphatic rings. The highest BCUT2D eigenvalue weighted by molar-refractivity contribution is 5.27. The number of aromatic nitrogens is 1. The molecule has 1 aromatic rings. The van der Waals surface area contributed by atoms with E-state index >= 15 is 0 Å². The van der Waals surface area contributed by atoms with Gasteiger partial charge in [0.05, 0.1) is 0 Å². The first-order valence-electron chi connectivity index (χ1n) is 4.98. The minimum atomic E-state index is 0.253. The quantitative estimate of drug-likeness (QED) is 0.709. The Balaban J connectivity index is 2.37. The zero-order valence-corrected chi connectivity index (χ0v) is 8.03. The summed E-state index contributed by atoms with van der Waals surface area (Å²) in [6.45, 7) is 2.09. The molecule has 2 rings (SSSR count). The highest BCUT2D eigenvalue weighted by Gasteiger charge is 2.23. The normalized spacial score (nSPS) is 23.7. The van der Waals surface area contributed by atoms with E-state index in [0.717, 1.165) is 6.42 Å². The Kier molecular flexibility index (Phi) is 2.32. The Labute approximate surface area is 79.2 Å². The summed E-state index contributed by atoms with van der Waals surface area (Å²) in [6.07, 6.45) is 5.45. The van der Waals surface area contributed by atoms with E-state index in [0.29, 0.717) is 5.92 Å². The Morgan fingerprint density at radius 1 is 1.62 bits per heavy atom. The van der Waals surface area contributed by atoms with E-state index in [-0.39, 0.29) is 6.04 Å². The number of rotatable bonds is 1. The molecule has 0 amide bonds. The monoisotopic (exact) mass is 176 g/mol. The van der Waals surface area contributed by atoms with Crippen molar-refractivity contribution in [2.45, 2.75) is 38.1 Å². The predicted octanol–water partition coefficient (Wildman–Crippen LogP) is 1.85. The third-order valence-corrected chi connectivity index (χ3v) is 2.89. The Hall–Kier alpha value is -0.890. The molecule has 1 heterocycles. The first-order valence-corrected chi connectivity index (χ1v) is 4.98. The summed E-state index contributed by atoms with van der Waals surface area (Å²) in [4.78, 5) is 4.40. The van der Waals surface area contributed by atoms with Crippen molar-refractivity contribution < 1.29 is 0 Å². The van der Waals surface area contributed by atoms with Crippen molar-refractivity contribution in [1.82, 2.24) is 4.98 Å². The van der Waals surface area contributed by atoms with Crippen LogP contribution in [0.2, 0.25) is 0 Å². The van der Waals surface area contributed by atoms with Gasteiger partial charge in [0.2, 0.25) is 0 Å². The molecule has 2 nitrogen and oxygen atoms in total. The van der Waals surface area contributed by atoms with Crippen LogP contribution in [0.15, 0.2) is 18.3 Å². The molecule has 1 aromatic heterocycles. The summed E-state index contributed by atoms with van der Waals surface area (Å²) in [5, 5.41) is 0. The number of nitrogens with two attached hydrogens (primary N) is 1. The molecule has 2 atom stereocenters. The molecule has 1 aliphatic carbocycles. The second-order valence-electron chi connectivity index (χ2n) is 3.90. The highest BCUT2D eigenvalue weighted by Crippen LogP contribution is 2.31. The van der Waals surface area contributed by atoms with Gasteiger partial charge < -0.3 is 5.73 Å². The van der Waals surface area contributed by atoms with Crippen LogP contribution in [-0.4, -0.2) is 11.0 Å². The van der Waals surface area contributed by atoms with Gasteiger partial charge in [0.25, 0.3) is 0 Å². The summed E-state index contributed by atoms with van der Waals surface area (Å²) in [5.41, 5.74) is 8.59. The summed E-state index contributed by atoms with van der Waals surface area (Å²) in [5.74, 6) is 0.525. The predicted molar refractivity (Wildman–Crippen MR) is 53.6 cm³/mol. The molecule has 2 heteroatoms. The lowest BCUT2D eigenvalue weighted by Gasteiger charge is -2.27. The van der Waals surface area contributed by atoms with Crippen LogP contribution in [0.1, 0.15) is 36.9 Å². The van der Waals surface area contributed by atoms with Crippen molar-refractivity contribution in [3.8, 4) is 0 Å². The molecule has 2 N–H and O–H groups in total. The molecule has 2 unspecified atom stereocenters. The average Bonchev–Trinajstić information content (AvgIpc) is 2.17. The van der Waals surface area contributed by atoms with Gasteiger partial charge in [-0.2, -0.15) is 0 Å². The fraction of sp³-hybridized carbons (Fsp3) is 0.545. The molecule has 0 radical (unpaired) electrons. The molecule has 0 saturated heterocycles. The van der Waals surface area contributed by atoms with Gasteiger partial charge in [-0.05, 0) is 37.8 Å². The first kappa shape index (κ1) is 8.70. The summed E-state index contributed by atoms with van der Waals surface area (Å²) >= 11 is 0. The Morgan fingerprint density at radius 3 is 3.23 bits per heavy atom. The van der Waals surface area contributed by atoms with Gasteiger partial charge >= 0.3 is 0 Å². The number of hydrogen-bond donors (Lipinski definition) is 1. The maximum absolute atomic E-state index is 5.95. The molecule has 0 fully saturated rings. The summed E-state index contributed by atoms with van der Waals surface area (Å²) < 4.78 is 0. The second-order valence-corrected chi connectivity index (χ2v) is 3.90. The lowest BCUT2D eigenvalue weighted by Crippen LogP contribution is -2.28. The fourth-order valence-electron chi connectivity index (χ4n) is 2.19. The van der Waals surface area contributed by atoms with Gasteiger partial charge in [-0.15, -0.1) is 0 Å². The van der Waals surface area contributed by atoms with Gasteiger partial charge in [0.15, 0.2) is 0 Å². The van der Waals surface area contributed by atoms with E-state index < -0.39 is 0 Å². The maximum Gasteiger partial charge on any atom is 0.0438 e. The molecule has 0 aliphatic heterocycles. The van der Waals surface area contributed by atoms with E-state index in [1.807, 2.05) is 12.3 Å². The second kappa shape index (κ2) is 3.46. The van der Waals surface area contributed by atoms with Gasteiger partial charge in [-0.25, -0.2) is 0 Å². The van der Waals surface area contributed by atoms with E-state index in [2.05, 4.69) is 18.0 Å². The van der Waals surface area contributed by atoms with Crippen molar-refractivity contribution in [3.63, 3.8) is 0 Å². The number of hydrogen-bond acceptors (Lipinski definition) is 2. The van der Waals surface area contributed by atoms with Gasteiger partial charge in [0.1, 0.15) is 0 Å². The lowest BCUT2D eigenvalue weighted by molar-refractivity contribution is 0.479. The minimum absolute atomic E-state index is 0.253. The fourth-order valence-corrected chi connectivity index (χ4v) is 2.19. The molecule has 0 bridgehead atoms. The molecule has 70 valence electrons. The molecule has 13 heavy (non-hydrogen) atoms. The van der Waals surface area contributed by atoms with Crippen LogP contribution in [0.25, 0.3) is 0 Å². The zero-order chi connectivity index (χ0) is 9.26. The first-order chi connectivity index (χ1) is 6.29. The number of nitrogens with zero attached hydrogens (tertiary/aromatic N) is 1. The van der Waals surface area contributed by atoms with Crippen molar-refractivity contribution in [1.29, 1.82) is 0 Å². The van der Waals surface area contributed by atoms with Crippen LogP contribution in [0, 0.1) is 0 Å². The van der Waals surface area contributed by atoms with Crippen LogP contribution >= 0.6 is 0 Å². The molecule has 0 spiro atoms. The van der Waals surface area contributed by atoms with Crippen LogP contribution in [0.5, 0.6) is 0 Å². The number of aryl methyl sites for hydroxylation is 1. The van der Waals surface area contributed by atoms with Crippen LogP contribution in [0.4, 0.5) is 0 Å². The third-order valence-electron chi connectivity index (χ3n) is 2.89. The Bertz CT molecular complexity index is 294. The maximum atomic E-state index is 5.95. The lowest BCUT2D eigenvalue weighted by atomic mass is 9.82. The van der Waals surface area contributed by atoms with E-state index in [4.69, 9.17) is 5.73 Å². The van der Waals surface area contributed by atoms with Gasteiger partial charge in [0, 0.05) is 23.9 Å². The van der Waals surface area contributed by atoms with Crippen LogP contribution in [0.3, 0.4) is 0 Å². The average molecular weight is 176 g/mol. The smallest absolute Gasteiger partial charge is 0.0438 e. The van der Waals surface area contributed by atoms with E-state index in [1.165, 1.54) is 24.1 Å². The number of pyridine rings is 1. The molecular formula is C11H16N2. The van der Waals surface area contributed by atoms with Crippen molar-refractivity contribution in [2.24, 2.45) is 5.73 Å². The largest absolute Gasteiger partial charge is 0.327 e. The topological polar surface area (TPSA) is 38.9 Å². The molecule has 0 saturated carbocycles. The third kappa shape index (κ3) is 1.59. The van der Waals surface area contributed by atoms with Crippen LogP contribution in [-0.2, 0) is 6.42 Å². The minimum Gasteiger partial charge on any atom is -0.327 e. The summed E-state index contributed by atoms with van der Waals surface area (Å²) in [6, 6.07) is 4.44. The Morgan fingerprint density at radius 2 is 2.46 bits per heavy atom. The SMILES string of the molecule is CC(N)C1CCCc2ncccc21. The van der Waals surface area contributed by atoms with Crippen molar-refractivity contribution >= 4 is 0 Å². The van der Waals surface area contributed by atoms with E-state index in [9.17, 15) is 0 Å². The summed E-state index contributed by atoms with van der Waals surface area (Å²) in [7, 11) is 0. The van der Waals surface area contributed by atoms with Crippen molar-refractivity contribution in [3.05, 3.63) is 29.6 Å². The van der Waals surface area contributed by atoms with Gasteiger partial charge in [-0.1, -0.05) is 6.07 Å². The number of fused-ring (bicyclic) bond motifs is 1. The van der Waals surface area contributed by atoms with Gasteiger partial charge in [-0.3, -0.25) is 4.98 Å². The molecule has 0 aromatic carbocycles.